The quantitative estimate of drug-likeness (QED) is 0.751. The van der Waals surface area contributed by atoms with Crippen molar-refractivity contribution < 1.29 is 14.3 Å². The molecule has 2 aromatic carbocycles. The summed E-state index contributed by atoms with van der Waals surface area (Å²) in [6.07, 6.45) is 0.238. The smallest absolute Gasteiger partial charge is 0.246 e. The number of amides is 2. The number of nitrogens with zero attached hydrogens (tertiary/aromatic N) is 2. The molecule has 0 atom stereocenters. The highest BCUT2D eigenvalue weighted by Gasteiger charge is 2.25. The predicted molar refractivity (Wildman–Crippen MR) is 107 cm³/mol. The number of aryl methyl sites for hydroxylation is 2. The lowest BCUT2D eigenvalue weighted by atomic mass is 10.1. The number of ether oxygens (including phenoxy) is 1. The van der Waals surface area contributed by atoms with Gasteiger partial charge in [0.05, 0.1) is 28.9 Å². The Labute approximate surface area is 160 Å². The Morgan fingerprint density at radius 2 is 2.11 bits per heavy atom. The van der Waals surface area contributed by atoms with Crippen LogP contribution >= 0.6 is 11.3 Å². The first-order valence-corrected chi connectivity index (χ1v) is 9.53. The van der Waals surface area contributed by atoms with Crippen LogP contribution in [0.3, 0.4) is 0 Å². The molecular weight excluding hydrogens is 362 g/mol. The second-order valence-corrected chi connectivity index (χ2v) is 7.57. The molecular formula is C20H19N3O3S. The summed E-state index contributed by atoms with van der Waals surface area (Å²) in [6.45, 7) is 4.28. The van der Waals surface area contributed by atoms with Crippen LogP contribution in [0.2, 0.25) is 0 Å². The van der Waals surface area contributed by atoms with Gasteiger partial charge in [-0.1, -0.05) is 29.5 Å². The first-order valence-electron chi connectivity index (χ1n) is 8.71. The third-order valence-corrected chi connectivity index (χ3v) is 5.33. The van der Waals surface area contributed by atoms with Crippen LogP contribution in [0.15, 0.2) is 36.4 Å². The van der Waals surface area contributed by atoms with Gasteiger partial charge in [-0.25, -0.2) is 4.98 Å². The van der Waals surface area contributed by atoms with Gasteiger partial charge in [-0.05, 0) is 43.2 Å². The second kappa shape index (κ2) is 7.00. The number of hydrogen-bond donors (Lipinski definition) is 1. The number of fused-ring (bicyclic) bond motifs is 2. The summed E-state index contributed by atoms with van der Waals surface area (Å²) < 4.78 is 6.64. The lowest BCUT2D eigenvalue weighted by Gasteiger charge is -2.20. The Hall–Kier alpha value is -2.93. The fourth-order valence-corrected chi connectivity index (χ4v) is 4.28. The Morgan fingerprint density at radius 3 is 2.96 bits per heavy atom. The van der Waals surface area contributed by atoms with Crippen molar-refractivity contribution >= 4 is 44.2 Å². The zero-order chi connectivity index (χ0) is 19.0. The first kappa shape index (κ1) is 17.5. The summed E-state index contributed by atoms with van der Waals surface area (Å²) in [5, 5.41) is 3.37. The number of carbonyl (C=O) groups is 2. The van der Waals surface area contributed by atoms with Crippen molar-refractivity contribution in [2.75, 3.05) is 23.4 Å². The molecule has 2 heterocycles. The zero-order valence-corrected chi connectivity index (χ0v) is 15.9. The normalized spacial score (nSPS) is 13.9. The molecule has 138 valence electrons. The number of carbonyl (C=O) groups excluding carboxylic acids is 2. The summed E-state index contributed by atoms with van der Waals surface area (Å²) in [6, 6.07) is 11.4. The van der Waals surface area contributed by atoms with Crippen LogP contribution in [-0.4, -0.2) is 29.9 Å². The molecule has 0 saturated heterocycles. The molecule has 4 rings (SSSR count). The van der Waals surface area contributed by atoms with Crippen LogP contribution in [0.1, 0.15) is 17.5 Å². The molecule has 27 heavy (non-hydrogen) atoms. The minimum absolute atomic E-state index is 0.0762. The van der Waals surface area contributed by atoms with Gasteiger partial charge in [0.15, 0.2) is 5.13 Å². The minimum atomic E-state index is -0.284. The highest BCUT2D eigenvalue weighted by Crippen LogP contribution is 2.32. The second-order valence-electron chi connectivity index (χ2n) is 6.54. The molecule has 0 aliphatic carbocycles. The molecule has 0 bridgehead atoms. The van der Waals surface area contributed by atoms with Crippen molar-refractivity contribution in [1.82, 2.24) is 4.98 Å². The third kappa shape index (κ3) is 3.50. The molecule has 3 aromatic rings. The number of anilines is 2. The molecule has 1 aliphatic heterocycles. The number of hydrogen-bond acceptors (Lipinski definition) is 5. The van der Waals surface area contributed by atoms with Gasteiger partial charge in [0.2, 0.25) is 11.8 Å². The van der Waals surface area contributed by atoms with Gasteiger partial charge in [0, 0.05) is 0 Å². The van der Waals surface area contributed by atoms with Crippen LogP contribution in [0.25, 0.3) is 10.2 Å². The molecule has 6 nitrogen and oxygen atoms in total. The average molecular weight is 381 g/mol. The molecule has 0 radical (unpaired) electrons. The van der Waals surface area contributed by atoms with E-state index in [0.29, 0.717) is 23.2 Å². The van der Waals surface area contributed by atoms with Crippen molar-refractivity contribution in [2.45, 2.75) is 20.3 Å². The van der Waals surface area contributed by atoms with Crippen molar-refractivity contribution in [2.24, 2.45) is 0 Å². The topological polar surface area (TPSA) is 71.5 Å². The first-order chi connectivity index (χ1) is 13.0. The Morgan fingerprint density at radius 1 is 1.30 bits per heavy atom. The summed E-state index contributed by atoms with van der Waals surface area (Å²) >= 11 is 1.44. The van der Waals surface area contributed by atoms with E-state index in [-0.39, 0.29) is 24.8 Å². The van der Waals surface area contributed by atoms with Crippen molar-refractivity contribution in [1.29, 1.82) is 0 Å². The van der Waals surface area contributed by atoms with Crippen LogP contribution in [0.5, 0.6) is 5.75 Å². The highest BCUT2D eigenvalue weighted by atomic mass is 32.1. The molecule has 7 heteroatoms. The summed E-state index contributed by atoms with van der Waals surface area (Å²) in [5.41, 5.74) is 3.75. The maximum Gasteiger partial charge on any atom is 0.246 e. The minimum Gasteiger partial charge on any atom is -0.491 e. The number of rotatable bonds is 3. The van der Waals surface area contributed by atoms with Gasteiger partial charge in [0.25, 0.3) is 0 Å². The van der Waals surface area contributed by atoms with E-state index in [1.54, 1.807) is 12.1 Å². The molecule has 1 N–H and O–H groups in total. The van der Waals surface area contributed by atoms with Gasteiger partial charge in [-0.3, -0.25) is 14.5 Å². The molecule has 0 saturated carbocycles. The standard InChI is InChI=1S/C20H19N3O3S/c1-12-9-13(2)19-16(10-12)27-20(22-19)21-17(24)11-23-14-5-3-4-6-15(14)26-8-7-18(23)25/h3-6,9-10H,7-8,11H2,1-2H3,(H,21,22,24). The van der Waals surface area contributed by atoms with Gasteiger partial charge in [-0.15, -0.1) is 0 Å². The summed E-state index contributed by atoms with van der Waals surface area (Å²) in [4.78, 5) is 31.0. The largest absolute Gasteiger partial charge is 0.491 e. The maximum atomic E-state index is 12.6. The van der Waals surface area contributed by atoms with E-state index in [9.17, 15) is 9.59 Å². The van der Waals surface area contributed by atoms with E-state index in [2.05, 4.69) is 22.4 Å². The third-order valence-electron chi connectivity index (χ3n) is 4.41. The maximum absolute atomic E-state index is 12.6. The van der Waals surface area contributed by atoms with E-state index in [1.165, 1.54) is 16.2 Å². The number of benzene rings is 2. The van der Waals surface area contributed by atoms with E-state index >= 15 is 0 Å². The lowest BCUT2D eigenvalue weighted by molar-refractivity contribution is -0.121. The number of para-hydroxylation sites is 2. The molecule has 1 aromatic heterocycles. The SMILES string of the molecule is Cc1cc(C)c2nc(NC(=O)CN3C(=O)CCOc4ccccc43)sc2c1. The van der Waals surface area contributed by atoms with Crippen LogP contribution in [-0.2, 0) is 9.59 Å². The average Bonchev–Trinajstić information content (AvgIpc) is 2.95. The molecule has 1 aliphatic rings. The molecule has 0 spiro atoms. The van der Waals surface area contributed by atoms with Gasteiger partial charge in [0.1, 0.15) is 12.3 Å². The van der Waals surface area contributed by atoms with Crippen molar-refractivity contribution in [3.63, 3.8) is 0 Å². The van der Waals surface area contributed by atoms with Crippen molar-refractivity contribution in [3.05, 3.63) is 47.5 Å². The van der Waals surface area contributed by atoms with Crippen LogP contribution < -0.4 is 15.0 Å². The zero-order valence-electron chi connectivity index (χ0n) is 15.1. The van der Waals surface area contributed by atoms with Crippen LogP contribution in [0, 0.1) is 13.8 Å². The lowest BCUT2D eigenvalue weighted by Crippen LogP contribution is -2.37. The Balaban J connectivity index is 1.56. The van der Waals surface area contributed by atoms with E-state index in [4.69, 9.17) is 4.74 Å². The summed E-state index contributed by atoms with van der Waals surface area (Å²) in [7, 11) is 0. The number of aromatic nitrogens is 1. The molecule has 2 amide bonds. The predicted octanol–water partition coefficient (Wildman–Crippen LogP) is 3.67. The summed E-state index contributed by atoms with van der Waals surface area (Å²) in [5.74, 6) is 0.196. The van der Waals surface area contributed by atoms with Gasteiger partial charge >= 0.3 is 0 Å². The highest BCUT2D eigenvalue weighted by molar-refractivity contribution is 7.22. The van der Waals surface area contributed by atoms with E-state index < -0.39 is 0 Å². The van der Waals surface area contributed by atoms with E-state index in [0.717, 1.165) is 21.3 Å². The van der Waals surface area contributed by atoms with Crippen LogP contribution in [0.4, 0.5) is 10.8 Å². The number of nitrogens with one attached hydrogen (secondary N) is 1. The van der Waals surface area contributed by atoms with Gasteiger partial charge in [-0.2, -0.15) is 0 Å². The molecule has 0 unspecified atom stereocenters. The fourth-order valence-electron chi connectivity index (χ4n) is 3.22. The monoisotopic (exact) mass is 381 g/mol. The molecule has 0 fully saturated rings. The number of thiazole rings is 1. The van der Waals surface area contributed by atoms with Crippen molar-refractivity contribution in [3.8, 4) is 5.75 Å². The fraction of sp³-hybridized carbons (Fsp3) is 0.250. The van der Waals surface area contributed by atoms with E-state index in [1.807, 2.05) is 26.0 Å². The Kier molecular flexibility index (Phi) is 4.53. The van der Waals surface area contributed by atoms with Gasteiger partial charge < -0.3 is 10.1 Å². The Bertz CT molecular complexity index is 1040.